The summed E-state index contributed by atoms with van der Waals surface area (Å²) in [5, 5.41) is 0. The van der Waals surface area contributed by atoms with E-state index < -0.39 is 0 Å². The molecule has 0 aromatic carbocycles. The molecule has 0 bridgehead atoms. The van der Waals surface area contributed by atoms with Crippen molar-refractivity contribution in [2.75, 3.05) is 31.1 Å². The molecule has 5 nitrogen and oxygen atoms in total. The highest BCUT2D eigenvalue weighted by molar-refractivity contribution is 5.30. The predicted molar refractivity (Wildman–Crippen MR) is 80.6 cm³/mol. The van der Waals surface area contributed by atoms with E-state index in [0.717, 1.165) is 30.6 Å². The van der Waals surface area contributed by atoms with Crippen molar-refractivity contribution >= 4 is 5.95 Å². The summed E-state index contributed by atoms with van der Waals surface area (Å²) in [7, 11) is 0. The van der Waals surface area contributed by atoms with E-state index in [1.807, 2.05) is 12.4 Å². The molecule has 2 fully saturated rings. The van der Waals surface area contributed by atoms with E-state index >= 15 is 0 Å². The number of piperidine rings is 2. The molecule has 0 spiro atoms. The van der Waals surface area contributed by atoms with Crippen LogP contribution in [0.25, 0.3) is 0 Å². The number of nitrogens with zero attached hydrogens (tertiary/aromatic N) is 4. The molecule has 0 aliphatic carbocycles. The highest BCUT2D eigenvalue weighted by Crippen LogP contribution is 2.22. The molecular formula is C15H25N5. The van der Waals surface area contributed by atoms with Gasteiger partial charge in [-0.15, -0.1) is 0 Å². The molecule has 0 unspecified atom stereocenters. The molecular weight excluding hydrogens is 250 g/mol. The van der Waals surface area contributed by atoms with Gasteiger partial charge in [0, 0.05) is 43.6 Å². The van der Waals surface area contributed by atoms with E-state index in [1.54, 1.807) is 0 Å². The monoisotopic (exact) mass is 275 g/mol. The summed E-state index contributed by atoms with van der Waals surface area (Å²) in [6, 6.07) is 0.773. The lowest BCUT2D eigenvalue weighted by molar-refractivity contribution is 0.141. The molecule has 5 heteroatoms. The molecule has 2 aliphatic rings. The van der Waals surface area contributed by atoms with E-state index in [1.165, 1.54) is 45.2 Å². The summed E-state index contributed by atoms with van der Waals surface area (Å²) in [5.74, 6) is 0.860. The summed E-state index contributed by atoms with van der Waals surface area (Å²) < 4.78 is 0. The minimum atomic E-state index is 0.511. The molecule has 0 amide bonds. The smallest absolute Gasteiger partial charge is 0.225 e. The van der Waals surface area contributed by atoms with Crippen molar-refractivity contribution in [3.8, 4) is 0 Å². The first-order valence-electron chi connectivity index (χ1n) is 7.87. The Labute approximate surface area is 121 Å². The van der Waals surface area contributed by atoms with Crippen LogP contribution in [0.15, 0.2) is 12.4 Å². The van der Waals surface area contributed by atoms with Gasteiger partial charge in [-0.2, -0.15) is 0 Å². The highest BCUT2D eigenvalue weighted by atomic mass is 15.3. The van der Waals surface area contributed by atoms with Gasteiger partial charge in [0.2, 0.25) is 5.95 Å². The Balaban J connectivity index is 1.54. The molecule has 3 heterocycles. The minimum Gasteiger partial charge on any atom is -0.341 e. The van der Waals surface area contributed by atoms with Gasteiger partial charge in [0.1, 0.15) is 0 Å². The number of anilines is 1. The van der Waals surface area contributed by atoms with Gasteiger partial charge in [0.05, 0.1) is 0 Å². The molecule has 0 saturated carbocycles. The van der Waals surface area contributed by atoms with Gasteiger partial charge in [0.15, 0.2) is 0 Å². The van der Waals surface area contributed by atoms with Crippen molar-refractivity contribution in [1.82, 2.24) is 14.9 Å². The third-order valence-corrected chi connectivity index (χ3v) is 4.58. The Morgan fingerprint density at radius 3 is 2.25 bits per heavy atom. The van der Waals surface area contributed by atoms with Crippen LogP contribution in [0.3, 0.4) is 0 Å². The average molecular weight is 275 g/mol. The maximum atomic E-state index is 5.58. The lowest BCUT2D eigenvalue weighted by atomic mass is 10.0. The van der Waals surface area contributed by atoms with Crippen molar-refractivity contribution in [1.29, 1.82) is 0 Å². The number of hydrogen-bond donors (Lipinski definition) is 1. The van der Waals surface area contributed by atoms with Crippen LogP contribution in [0.4, 0.5) is 5.95 Å². The zero-order chi connectivity index (χ0) is 13.8. The first-order valence-corrected chi connectivity index (χ1v) is 7.87. The number of likely N-dealkylation sites (tertiary alicyclic amines) is 1. The fourth-order valence-electron chi connectivity index (χ4n) is 3.33. The summed E-state index contributed by atoms with van der Waals surface area (Å²) in [6.07, 6.45) is 10.3. The Hall–Kier alpha value is -1.20. The van der Waals surface area contributed by atoms with Gasteiger partial charge in [0.25, 0.3) is 0 Å². The van der Waals surface area contributed by atoms with Crippen LogP contribution in [-0.2, 0) is 6.54 Å². The molecule has 2 saturated heterocycles. The van der Waals surface area contributed by atoms with E-state index in [4.69, 9.17) is 5.73 Å². The topological polar surface area (TPSA) is 58.3 Å². The molecule has 0 atom stereocenters. The highest BCUT2D eigenvalue weighted by Gasteiger charge is 2.26. The molecule has 0 radical (unpaired) electrons. The predicted octanol–water partition coefficient (Wildman–Crippen LogP) is 1.39. The summed E-state index contributed by atoms with van der Waals surface area (Å²) in [4.78, 5) is 13.9. The standard InChI is InChI=1S/C15H25N5/c16-10-13-11-17-15(18-12-13)20-8-4-14(5-9-20)19-6-2-1-3-7-19/h11-12,14H,1-10,16H2. The normalized spacial score (nSPS) is 22.1. The Morgan fingerprint density at radius 1 is 1.00 bits per heavy atom. The molecule has 2 N–H and O–H groups in total. The van der Waals surface area contributed by atoms with Gasteiger partial charge >= 0.3 is 0 Å². The van der Waals surface area contributed by atoms with E-state index in [2.05, 4.69) is 19.8 Å². The Kier molecular flexibility index (Phi) is 4.47. The van der Waals surface area contributed by atoms with Crippen molar-refractivity contribution in [3.63, 3.8) is 0 Å². The zero-order valence-corrected chi connectivity index (χ0v) is 12.2. The lowest BCUT2D eigenvalue weighted by Gasteiger charge is -2.40. The summed E-state index contributed by atoms with van der Waals surface area (Å²) in [5.41, 5.74) is 6.58. The van der Waals surface area contributed by atoms with E-state index in [0.29, 0.717) is 6.54 Å². The van der Waals surface area contributed by atoms with Gasteiger partial charge in [-0.25, -0.2) is 9.97 Å². The van der Waals surface area contributed by atoms with Crippen molar-refractivity contribution < 1.29 is 0 Å². The molecule has 1 aromatic heterocycles. The minimum absolute atomic E-state index is 0.511. The van der Waals surface area contributed by atoms with Gasteiger partial charge in [-0.1, -0.05) is 6.42 Å². The maximum Gasteiger partial charge on any atom is 0.225 e. The number of nitrogens with two attached hydrogens (primary N) is 1. The third kappa shape index (κ3) is 3.10. The van der Waals surface area contributed by atoms with Crippen molar-refractivity contribution in [2.45, 2.75) is 44.7 Å². The lowest BCUT2D eigenvalue weighted by Crippen LogP contribution is -2.47. The quantitative estimate of drug-likeness (QED) is 0.903. The largest absolute Gasteiger partial charge is 0.341 e. The van der Waals surface area contributed by atoms with Gasteiger partial charge in [-0.3, -0.25) is 0 Å². The number of hydrogen-bond acceptors (Lipinski definition) is 5. The summed E-state index contributed by atoms with van der Waals surface area (Å²) in [6.45, 7) is 5.25. The zero-order valence-electron chi connectivity index (χ0n) is 12.2. The second kappa shape index (κ2) is 6.50. The molecule has 2 aliphatic heterocycles. The first kappa shape index (κ1) is 13.8. The van der Waals surface area contributed by atoms with Crippen LogP contribution in [0.1, 0.15) is 37.7 Å². The molecule has 20 heavy (non-hydrogen) atoms. The second-order valence-corrected chi connectivity index (χ2v) is 5.91. The first-order chi connectivity index (χ1) is 9.86. The van der Waals surface area contributed by atoms with Crippen LogP contribution in [-0.4, -0.2) is 47.1 Å². The second-order valence-electron chi connectivity index (χ2n) is 5.91. The molecule has 3 rings (SSSR count). The molecule has 110 valence electrons. The molecule has 1 aromatic rings. The van der Waals surface area contributed by atoms with Crippen LogP contribution in [0.2, 0.25) is 0 Å². The van der Waals surface area contributed by atoms with Crippen LogP contribution in [0.5, 0.6) is 0 Å². The van der Waals surface area contributed by atoms with Crippen LogP contribution >= 0.6 is 0 Å². The van der Waals surface area contributed by atoms with Crippen LogP contribution in [0, 0.1) is 0 Å². The van der Waals surface area contributed by atoms with E-state index in [9.17, 15) is 0 Å². The van der Waals surface area contributed by atoms with Crippen molar-refractivity contribution in [3.05, 3.63) is 18.0 Å². The SMILES string of the molecule is NCc1cnc(N2CCC(N3CCCCC3)CC2)nc1. The van der Waals surface area contributed by atoms with Gasteiger partial charge < -0.3 is 15.5 Å². The van der Waals surface area contributed by atoms with Crippen LogP contribution < -0.4 is 10.6 Å². The fraction of sp³-hybridized carbons (Fsp3) is 0.733. The number of rotatable bonds is 3. The number of aromatic nitrogens is 2. The summed E-state index contributed by atoms with van der Waals surface area (Å²) >= 11 is 0. The van der Waals surface area contributed by atoms with E-state index in [-0.39, 0.29) is 0 Å². The Bertz CT molecular complexity index is 405. The Morgan fingerprint density at radius 2 is 1.65 bits per heavy atom. The third-order valence-electron chi connectivity index (χ3n) is 4.58. The van der Waals surface area contributed by atoms with Gasteiger partial charge in [-0.05, 0) is 38.8 Å². The van der Waals surface area contributed by atoms with Crippen molar-refractivity contribution in [2.24, 2.45) is 5.73 Å². The average Bonchev–Trinajstić information content (AvgIpc) is 2.56. The maximum absolute atomic E-state index is 5.58. The fourth-order valence-corrected chi connectivity index (χ4v) is 3.33.